The van der Waals surface area contributed by atoms with Gasteiger partial charge in [-0.15, -0.1) is 0 Å². The van der Waals surface area contributed by atoms with Crippen molar-refractivity contribution in [2.75, 3.05) is 13.1 Å². The molecule has 1 saturated carbocycles. The predicted molar refractivity (Wildman–Crippen MR) is 76.5 cm³/mol. The van der Waals surface area contributed by atoms with Crippen LogP contribution in [0.15, 0.2) is 0 Å². The number of rotatable bonds is 3. The van der Waals surface area contributed by atoms with Crippen LogP contribution >= 0.6 is 0 Å². The zero-order valence-corrected chi connectivity index (χ0v) is 12.3. The van der Waals surface area contributed by atoms with E-state index in [1.807, 2.05) is 0 Å². The first-order chi connectivity index (χ1) is 10.2. The normalized spacial score (nSPS) is 27.0. The Kier molecular flexibility index (Phi) is 4.12. The maximum atomic E-state index is 12.2. The molecule has 116 valence electrons. The highest BCUT2D eigenvalue weighted by Gasteiger charge is 2.47. The average Bonchev–Trinajstić information content (AvgIpc) is 2.91. The number of amides is 4. The molecule has 3 fully saturated rings. The van der Waals surface area contributed by atoms with Gasteiger partial charge in [0.15, 0.2) is 0 Å². The molecule has 0 unspecified atom stereocenters. The lowest BCUT2D eigenvalue weighted by Crippen LogP contribution is -2.44. The highest BCUT2D eigenvalue weighted by atomic mass is 16.2. The Morgan fingerprint density at radius 2 is 1.76 bits per heavy atom. The summed E-state index contributed by atoms with van der Waals surface area (Å²) in [6, 6.07) is -0.408. The molecule has 6 nitrogen and oxygen atoms in total. The monoisotopic (exact) mass is 293 g/mol. The lowest BCUT2D eigenvalue weighted by Gasteiger charge is -2.19. The smallest absolute Gasteiger partial charge is 0.327 e. The first kappa shape index (κ1) is 14.4. The summed E-state index contributed by atoms with van der Waals surface area (Å²) in [4.78, 5) is 39.1. The van der Waals surface area contributed by atoms with Crippen molar-refractivity contribution in [2.45, 2.75) is 63.5 Å². The molecule has 6 heteroatoms. The van der Waals surface area contributed by atoms with Crippen LogP contribution in [0, 0.1) is 0 Å². The largest absolute Gasteiger partial charge is 0.352 e. The Bertz CT molecular complexity index is 421. The Morgan fingerprint density at radius 3 is 2.43 bits per heavy atom. The van der Waals surface area contributed by atoms with E-state index in [1.165, 1.54) is 12.8 Å². The van der Waals surface area contributed by atoms with Crippen molar-refractivity contribution in [3.8, 4) is 0 Å². The zero-order valence-electron chi connectivity index (χ0n) is 12.3. The standard InChI is InChI=1S/C15H23N3O3/c19-13(16-11-6-3-1-2-4-7-11)10-18-14(20)12-8-5-9-17(12)15(18)21/h11-12H,1-10H2,(H,16,19)/t12-/m1/s1. The van der Waals surface area contributed by atoms with Crippen LogP contribution in [0.1, 0.15) is 51.4 Å². The number of nitrogens with zero attached hydrogens (tertiary/aromatic N) is 2. The molecular formula is C15H23N3O3. The lowest BCUT2D eigenvalue weighted by atomic mass is 10.1. The van der Waals surface area contributed by atoms with Crippen molar-refractivity contribution < 1.29 is 14.4 Å². The molecule has 1 aliphatic carbocycles. The fourth-order valence-corrected chi connectivity index (χ4v) is 3.67. The molecule has 3 aliphatic rings. The average molecular weight is 293 g/mol. The summed E-state index contributed by atoms with van der Waals surface area (Å²) in [5.41, 5.74) is 0. The van der Waals surface area contributed by atoms with E-state index in [0.29, 0.717) is 6.54 Å². The Labute approximate surface area is 124 Å². The molecule has 2 saturated heterocycles. The van der Waals surface area contributed by atoms with E-state index in [9.17, 15) is 14.4 Å². The molecule has 1 atom stereocenters. The maximum Gasteiger partial charge on any atom is 0.327 e. The van der Waals surface area contributed by atoms with Crippen LogP contribution < -0.4 is 5.32 Å². The first-order valence-corrected chi connectivity index (χ1v) is 8.08. The number of nitrogens with one attached hydrogen (secondary N) is 1. The topological polar surface area (TPSA) is 69.7 Å². The van der Waals surface area contributed by atoms with Gasteiger partial charge in [-0.05, 0) is 25.7 Å². The molecule has 0 spiro atoms. The molecule has 0 radical (unpaired) electrons. The Hall–Kier alpha value is -1.59. The van der Waals surface area contributed by atoms with Gasteiger partial charge in [0.1, 0.15) is 12.6 Å². The van der Waals surface area contributed by atoms with Crippen molar-refractivity contribution in [3.05, 3.63) is 0 Å². The van der Waals surface area contributed by atoms with Gasteiger partial charge in [-0.1, -0.05) is 25.7 Å². The number of urea groups is 1. The third kappa shape index (κ3) is 2.89. The van der Waals surface area contributed by atoms with E-state index in [1.54, 1.807) is 4.90 Å². The summed E-state index contributed by atoms with van der Waals surface area (Å²) >= 11 is 0. The van der Waals surface area contributed by atoms with Crippen molar-refractivity contribution in [1.29, 1.82) is 0 Å². The fourth-order valence-electron chi connectivity index (χ4n) is 3.67. The van der Waals surface area contributed by atoms with E-state index in [-0.39, 0.29) is 36.5 Å². The second-order valence-electron chi connectivity index (χ2n) is 6.31. The van der Waals surface area contributed by atoms with Gasteiger partial charge in [0.25, 0.3) is 5.91 Å². The van der Waals surface area contributed by atoms with E-state index in [2.05, 4.69) is 5.32 Å². The van der Waals surface area contributed by atoms with Crippen LogP contribution in [0.2, 0.25) is 0 Å². The van der Waals surface area contributed by atoms with Crippen LogP contribution in [0.4, 0.5) is 4.79 Å². The van der Waals surface area contributed by atoms with Gasteiger partial charge in [0, 0.05) is 12.6 Å². The molecule has 1 N–H and O–H groups in total. The molecule has 2 heterocycles. The third-order valence-corrected chi connectivity index (χ3v) is 4.80. The molecule has 0 aromatic rings. The molecule has 2 aliphatic heterocycles. The Balaban J connectivity index is 1.55. The van der Waals surface area contributed by atoms with Crippen LogP contribution in [0.25, 0.3) is 0 Å². The van der Waals surface area contributed by atoms with E-state index < -0.39 is 0 Å². The molecule has 0 bridgehead atoms. The first-order valence-electron chi connectivity index (χ1n) is 8.08. The molecule has 0 aromatic carbocycles. The molecule has 21 heavy (non-hydrogen) atoms. The summed E-state index contributed by atoms with van der Waals surface area (Å²) in [5, 5.41) is 2.99. The second-order valence-corrected chi connectivity index (χ2v) is 6.31. The van der Waals surface area contributed by atoms with Gasteiger partial charge in [-0.2, -0.15) is 0 Å². The minimum atomic E-state index is -0.316. The van der Waals surface area contributed by atoms with E-state index in [0.717, 1.165) is 43.4 Å². The number of carbonyl (C=O) groups is 3. The molecule has 0 aromatic heterocycles. The lowest BCUT2D eigenvalue weighted by molar-refractivity contribution is -0.132. The van der Waals surface area contributed by atoms with Gasteiger partial charge in [0.05, 0.1) is 0 Å². The predicted octanol–water partition coefficient (Wildman–Crippen LogP) is 1.25. The summed E-state index contributed by atoms with van der Waals surface area (Å²) in [7, 11) is 0. The summed E-state index contributed by atoms with van der Waals surface area (Å²) in [5.74, 6) is -0.404. The second kappa shape index (κ2) is 6.03. The quantitative estimate of drug-likeness (QED) is 0.629. The fraction of sp³-hybridized carbons (Fsp3) is 0.800. The maximum absolute atomic E-state index is 12.2. The van der Waals surface area contributed by atoms with Crippen LogP contribution in [-0.2, 0) is 9.59 Å². The van der Waals surface area contributed by atoms with Gasteiger partial charge < -0.3 is 10.2 Å². The van der Waals surface area contributed by atoms with Crippen LogP contribution in [-0.4, -0.2) is 52.8 Å². The molecule has 4 amide bonds. The minimum absolute atomic E-state index is 0.124. The number of carbonyl (C=O) groups excluding carboxylic acids is 3. The van der Waals surface area contributed by atoms with Crippen molar-refractivity contribution in [1.82, 2.24) is 15.1 Å². The summed E-state index contributed by atoms with van der Waals surface area (Å²) in [6.45, 7) is 0.511. The minimum Gasteiger partial charge on any atom is -0.352 e. The number of hydrogen-bond donors (Lipinski definition) is 1. The van der Waals surface area contributed by atoms with E-state index in [4.69, 9.17) is 0 Å². The summed E-state index contributed by atoms with van der Waals surface area (Å²) in [6.07, 6.45) is 8.35. The molecule has 3 rings (SSSR count). The van der Waals surface area contributed by atoms with Gasteiger partial charge >= 0.3 is 6.03 Å². The SMILES string of the molecule is O=C(CN1C(=O)[C@H]2CCCN2C1=O)NC1CCCCCC1. The van der Waals surface area contributed by atoms with Crippen molar-refractivity contribution in [3.63, 3.8) is 0 Å². The van der Waals surface area contributed by atoms with Crippen LogP contribution in [0.5, 0.6) is 0 Å². The van der Waals surface area contributed by atoms with E-state index >= 15 is 0 Å². The van der Waals surface area contributed by atoms with Crippen molar-refractivity contribution >= 4 is 17.8 Å². The summed E-state index contributed by atoms with van der Waals surface area (Å²) < 4.78 is 0. The highest BCUT2D eigenvalue weighted by molar-refractivity contribution is 6.06. The number of fused-ring (bicyclic) bond motifs is 1. The number of imide groups is 1. The zero-order chi connectivity index (χ0) is 14.8. The van der Waals surface area contributed by atoms with Crippen LogP contribution in [0.3, 0.4) is 0 Å². The Morgan fingerprint density at radius 1 is 1.05 bits per heavy atom. The van der Waals surface area contributed by atoms with Gasteiger partial charge in [0.2, 0.25) is 5.91 Å². The third-order valence-electron chi connectivity index (χ3n) is 4.80. The van der Waals surface area contributed by atoms with Gasteiger partial charge in [-0.25, -0.2) is 4.79 Å². The van der Waals surface area contributed by atoms with Crippen molar-refractivity contribution in [2.24, 2.45) is 0 Å². The van der Waals surface area contributed by atoms with Gasteiger partial charge in [-0.3, -0.25) is 14.5 Å². The molecular weight excluding hydrogens is 270 g/mol. The number of hydrogen-bond acceptors (Lipinski definition) is 3. The highest BCUT2D eigenvalue weighted by Crippen LogP contribution is 2.27.